The minimum atomic E-state index is -0.552. The highest BCUT2D eigenvalue weighted by Crippen LogP contribution is 2.43. The number of nitrogen functional groups attached to an aromatic ring is 1. The number of likely N-dealkylation sites (tertiary alicyclic amines) is 1. The summed E-state index contributed by atoms with van der Waals surface area (Å²) in [5.74, 6) is 0.217. The van der Waals surface area contributed by atoms with E-state index in [4.69, 9.17) is 36.7 Å². The number of nitrogens with one attached hydrogen (secondary N) is 1. The molecule has 0 bridgehead atoms. The molecule has 0 radical (unpaired) electrons. The maximum atomic E-state index is 12.8. The monoisotopic (exact) mass is 443 g/mol. The number of nitrogens with two attached hydrogens (primary N) is 1. The second-order valence-electron chi connectivity index (χ2n) is 7.50. The standard InChI is InChI=1S/C20H30ClN3O6/c21-17-15(22)10-14(18-19(17)30-7-1-6-29-18)20(27)23-11-13-2-3-24(12-16(13)26)4-8-28-9-5-25/h10,13,16,25-26H,1-9,11-12,22H2,(H,23,27)/t13-,16?/m0/s1. The number of hydrogen-bond donors (Lipinski definition) is 4. The maximum absolute atomic E-state index is 12.8. The number of benzene rings is 1. The lowest BCUT2D eigenvalue weighted by molar-refractivity contribution is 0.00568. The lowest BCUT2D eigenvalue weighted by atomic mass is 9.93. The number of β-amino-alcohol motifs (C(OH)–C–C–N with tert-alkyl or cyclic N) is 1. The van der Waals surface area contributed by atoms with Gasteiger partial charge < -0.3 is 35.5 Å². The van der Waals surface area contributed by atoms with Crippen LogP contribution in [0.2, 0.25) is 5.02 Å². The van der Waals surface area contributed by atoms with E-state index in [1.165, 1.54) is 6.07 Å². The van der Waals surface area contributed by atoms with Crippen molar-refractivity contribution in [2.75, 3.05) is 64.9 Å². The summed E-state index contributed by atoms with van der Waals surface area (Å²) in [6, 6.07) is 1.50. The number of anilines is 1. The molecule has 168 valence electrons. The van der Waals surface area contributed by atoms with Gasteiger partial charge in [-0.05, 0) is 19.0 Å². The van der Waals surface area contributed by atoms with Gasteiger partial charge in [-0.1, -0.05) is 11.6 Å². The average molecular weight is 444 g/mol. The van der Waals surface area contributed by atoms with Crippen LogP contribution in [0.1, 0.15) is 23.2 Å². The van der Waals surface area contributed by atoms with Gasteiger partial charge in [0.15, 0.2) is 11.5 Å². The van der Waals surface area contributed by atoms with Crippen molar-refractivity contribution in [1.29, 1.82) is 0 Å². The second-order valence-corrected chi connectivity index (χ2v) is 7.88. The Hall–Kier alpha value is -1.78. The third kappa shape index (κ3) is 5.67. The van der Waals surface area contributed by atoms with Gasteiger partial charge >= 0.3 is 0 Å². The fourth-order valence-corrected chi connectivity index (χ4v) is 3.85. The summed E-state index contributed by atoms with van der Waals surface area (Å²) in [6.45, 7) is 4.06. The first-order valence-electron chi connectivity index (χ1n) is 10.3. The topological polar surface area (TPSA) is 127 Å². The Kier molecular flexibility index (Phi) is 8.41. The van der Waals surface area contributed by atoms with Crippen molar-refractivity contribution in [2.24, 2.45) is 5.92 Å². The fourth-order valence-electron chi connectivity index (χ4n) is 3.65. The van der Waals surface area contributed by atoms with Gasteiger partial charge in [0.1, 0.15) is 5.02 Å². The van der Waals surface area contributed by atoms with Crippen molar-refractivity contribution in [3.63, 3.8) is 0 Å². The molecule has 0 spiro atoms. The number of amides is 1. The number of aliphatic hydroxyl groups excluding tert-OH is 2. The van der Waals surface area contributed by atoms with Crippen molar-refractivity contribution in [1.82, 2.24) is 10.2 Å². The molecule has 2 aliphatic rings. The molecule has 2 atom stereocenters. The van der Waals surface area contributed by atoms with Crippen LogP contribution in [0, 0.1) is 5.92 Å². The highest BCUT2D eigenvalue weighted by atomic mass is 35.5. The van der Waals surface area contributed by atoms with Gasteiger partial charge in [-0.2, -0.15) is 0 Å². The molecular weight excluding hydrogens is 414 g/mol. The predicted octanol–water partition coefficient (Wildman–Crippen LogP) is 0.505. The van der Waals surface area contributed by atoms with Crippen molar-refractivity contribution < 1.29 is 29.2 Å². The Labute approximate surface area is 181 Å². The summed E-state index contributed by atoms with van der Waals surface area (Å²) in [7, 11) is 0. The number of carbonyl (C=O) groups is 1. The summed E-state index contributed by atoms with van der Waals surface area (Å²) in [6.07, 6.45) is 0.882. The van der Waals surface area contributed by atoms with Crippen LogP contribution in [0.3, 0.4) is 0 Å². The van der Waals surface area contributed by atoms with Gasteiger partial charge in [0.2, 0.25) is 0 Å². The van der Waals surface area contributed by atoms with E-state index in [0.717, 1.165) is 13.0 Å². The number of rotatable bonds is 8. The SMILES string of the molecule is Nc1cc(C(=O)NC[C@@H]2CCN(CCOCCO)CC2O)c2c(c1Cl)OCCCO2. The zero-order chi connectivity index (χ0) is 21.5. The predicted molar refractivity (Wildman–Crippen MR) is 112 cm³/mol. The molecule has 2 aliphatic heterocycles. The smallest absolute Gasteiger partial charge is 0.255 e. The third-order valence-electron chi connectivity index (χ3n) is 5.35. The highest BCUT2D eigenvalue weighted by molar-refractivity contribution is 6.35. The van der Waals surface area contributed by atoms with Gasteiger partial charge in [-0.25, -0.2) is 0 Å². The first kappa shape index (κ1) is 22.9. The van der Waals surface area contributed by atoms with E-state index in [1.807, 2.05) is 0 Å². The van der Waals surface area contributed by atoms with Crippen LogP contribution in [0.25, 0.3) is 0 Å². The molecule has 1 aromatic carbocycles. The van der Waals surface area contributed by atoms with E-state index in [1.54, 1.807) is 0 Å². The Morgan fingerprint density at radius 2 is 2.10 bits per heavy atom. The molecule has 0 aromatic heterocycles. The van der Waals surface area contributed by atoms with Crippen LogP contribution in [0.15, 0.2) is 6.07 Å². The Bertz CT molecular complexity index is 735. The zero-order valence-electron chi connectivity index (χ0n) is 16.9. The molecule has 0 saturated carbocycles. The quantitative estimate of drug-likeness (QED) is 0.338. The van der Waals surface area contributed by atoms with Crippen LogP contribution in [0.5, 0.6) is 11.5 Å². The van der Waals surface area contributed by atoms with Crippen molar-refractivity contribution >= 4 is 23.2 Å². The van der Waals surface area contributed by atoms with Crippen LogP contribution in [0.4, 0.5) is 5.69 Å². The number of carbonyl (C=O) groups excluding carboxylic acids is 1. The van der Waals surface area contributed by atoms with Gasteiger partial charge in [0.05, 0.1) is 50.4 Å². The van der Waals surface area contributed by atoms with Crippen LogP contribution >= 0.6 is 11.6 Å². The molecule has 30 heavy (non-hydrogen) atoms. The molecule has 1 fully saturated rings. The van der Waals surface area contributed by atoms with Crippen molar-refractivity contribution in [2.45, 2.75) is 18.9 Å². The van der Waals surface area contributed by atoms with E-state index >= 15 is 0 Å². The van der Waals surface area contributed by atoms with Crippen molar-refractivity contribution in [3.05, 3.63) is 16.7 Å². The first-order valence-corrected chi connectivity index (χ1v) is 10.6. The molecule has 1 saturated heterocycles. The minimum absolute atomic E-state index is 0.00401. The number of ether oxygens (including phenoxy) is 3. The summed E-state index contributed by atoms with van der Waals surface area (Å²) in [5, 5.41) is 22.3. The van der Waals surface area contributed by atoms with E-state index in [0.29, 0.717) is 64.0 Å². The summed E-state index contributed by atoms with van der Waals surface area (Å²) < 4.78 is 16.6. The van der Waals surface area contributed by atoms with Gasteiger partial charge in [0, 0.05) is 32.0 Å². The zero-order valence-corrected chi connectivity index (χ0v) is 17.7. The number of fused-ring (bicyclic) bond motifs is 1. The second kappa shape index (κ2) is 11.0. The summed E-state index contributed by atoms with van der Waals surface area (Å²) in [5.41, 5.74) is 6.48. The highest BCUT2D eigenvalue weighted by Gasteiger charge is 2.29. The molecule has 3 rings (SSSR count). The lowest BCUT2D eigenvalue weighted by Crippen LogP contribution is -2.48. The van der Waals surface area contributed by atoms with Crippen LogP contribution in [-0.2, 0) is 4.74 Å². The van der Waals surface area contributed by atoms with Gasteiger partial charge in [-0.15, -0.1) is 0 Å². The number of piperidine rings is 1. The van der Waals surface area contributed by atoms with E-state index in [-0.39, 0.29) is 34.7 Å². The average Bonchev–Trinajstić information content (AvgIpc) is 2.99. The molecule has 0 aliphatic carbocycles. The normalized spacial score (nSPS) is 21.8. The van der Waals surface area contributed by atoms with Gasteiger partial charge in [0.25, 0.3) is 5.91 Å². The van der Waals surface area contributed by atoms with E-state index in [2.05, 4.69) is 10.2 Å². The molecule has 10 heteroatoms. The molecule has 2 heterocycles. The number of aliphatic hydroxyl groups is 2. The first-order chi connectivity index (χ1) is 14.5. The molecule has 1 amide bonds. The molecule has 1 unspecified atom stereocenters. The molecule has 9 nitrogen and oxygen atoms in total. The van der Waals surface area contributed by atoms with Crippen LogP contribution < -0.4 is 20.5 Å². The van der Waals surface area contributed by atoms with Crippen LogP contribution in [-0.4, -0.2) is 86.3 Å². The van der Waals surface area contributed by atoms with Gasteiger partial charge in [-0.3, -0.25) is 9.69 Å². The summed E-state index contributed by atoms with van der Waals surface area (Å²) in [4.78, 5) is 15.0. The Morgan fingerprint density at radius 1 is 1.33 bits per heavy atom. The lowest BCUT2D eigenvalue weighted by Gasteiger charge is -2.35. The third-order valence-corrected chi connectivity index (χ3v) is 5.74. The minimum Gasteiger partial charge on any atom is -0.489 e. The van der Waals surface area contributed by atoms with E-state index < -0.39 is 6.10 Å². The van der Waals surface area contributed by atoms with E-state index in [9.17, 15) is 9.90 Å². The Balaban J connectivity index is 1.56. The maximum Gasteiger partial charge on any atom is 0.255 e. The fraction of sp³-hybridized carbons (Fsp3) is 0.650. The molecular formula is C20H30ClN3O6. The molecule has 5 N–H and O–H groups in total. The largest absolute Gasteiger partial charge is 0.489 e. The number of hydrogen-bond acceptors (Lipinski definition) is 8. The van der Waals surface area contributed by atoms with Crippen molar-refractivity contribution in [3.8, 4) is 11.5 Å². The molecule has 1 aromatic rings. The Morgan fingerprint density at radius 3 is 2.83 bits per heavy atom. The summed E-state index contributed by atoms with van der Waals surface area (Å²) >= 11 is 6.22. The number of halogens is 1. The number of nitrogens with zero attached hydrogens (tertiary/aromatic N) is 1.